The number of unbranched alkanes of at least 4 members (excludes halogenated alkanes) is 2. The van der Waals surface area contributed by atoms with Gasteiger partial charge in [0.2, 0.25) is 5.91 Å². The lowest BCUT2D eigenvalue weighted by Crippen LogP contribution is -2.29. The molecule has 0 radical (unpaired) electrons. The lowest BCUT2D eigenvalue weighted by molar-refractivity contribution is -0.121. The number of carbonyl (C=O) groups excluding carboxylic acids is 1. The number of amides is 1. The molecule has 72 valence electrons. The fourth-order valence-electron chi connectivity index (χ4n) is 0.883. The summed E-state index contributed by atoms with van der Waals surface area (Å²) in [5.74, 6) is 7.27. The van der Waals surface area contributed by atoms with E-state index in [-0.39, 0.29) is 5.91 Å². The van der Waals surface area contributed by atoms with E-state index in [1.165, 1.54) is 17.9 Å². The van der Waals surface area contributed by atoms with E-state index in [0.717, 1.165) is 12.8 Å². The summed E-state index contributed by atoms with van der Waals surface area (Å²) in [4.78, 5) is 10.7. The third-order valence-corrected chi connectivity index (χ3v) is 2.54. The van der Waals surface area contributed by atoms with Crippen molar-refractivity contribution < 1.29 is 4.79 Å². The Hall–Kier alpha value is -0.220. The van der Waals surface area contributed by atoms with E-state index < -0.39 is 0 Å². The molecule has 0 fully saturated rings. The summed E-state index contributed by atoms with van der Waals surface area (Å²) >= 11 is 1.95. The highest BCUT2D eigenvalue weighted by Gasteiger charge is 1.96. The van der Waals surface area contributed by atoms with Gasteiger partial charge >= 0.3 is 0 Å². The van der Waals surface area contributed by atoms with Crippen molar-refractivity contribution in [2.24, 2.45) is 5.84 Å². The Bertz CT molecular complexity index is 120. The first-order chi connectivity index (χ1) is 5.81. The molecule has 3 N–H and O–H groups in total. The molecule has 0 rings (SSSR count). The van der Waals surface area contributed by atoms with Crippen LogP contribution >= 0.6 is 11.8 Å². The van der Waals surface area contributed by atoms with Crippen molar-refractivity contribution in [3.63, 3.8) is 0 Å². The maximum atomic E-state index is 10.7. The van der Waals surface area contributed by atoms with Gasteiger partial charge in [0.1, 0.15) is 0 Å². The zero-order valence-electron chi connectivity index (χ0n) is 7.64. The SMILES string of the molecule is CCSCCCCCC(=O)NN. The van der Waals surface area contributed by atoms with E-state index in [2.05, 4.69) is 12.3 Å². The summed E-state index contributed by atoms with van der Waals surface area (Å²) in [5.41, 5.74) is 2.12. The zero-order valence-corrected chi connectivity index (χ0v) is 8.45. The summed E-state index contributed by atoms with van der Waals surface area (Å²) in [6.45, 7) is 2.16. The molecule has 0 aromatic carbocycles. The molecule has 0 atom stereocenters. The Morgan fingerprint density at radius 1 is 1.42 bits per heavy atom. The molecule has 4 heteroatoms. The molecule has 0 unspecified atom stereocenters. The van der Waals surface area contributed by atoms with Crippen LogP contribution in [0.4, 0.5) is 0 Å². The third-order valence-electron chi connectivity index (χ3n) is 1.56. The number of hydrogen-bond acceptors (Lipinski definition) is 3. The van der Waals surface area contributed by atoms with E-state index in [1.807, 2.05) is 11.8 Å². The highest BCUT2D eigenvalue weighted by Crippen LogP contribution is 2.06. The van der Waals surface area contributed by atoms with E-state index in [9.17, 15) is 4.79 Å². The van der Waals surface area contributed by atoms with Crippen molar-refractivity contribution in [1.29, 1.82) is 0 Å². The second kappa shape index (κ2) is 8.87. The van der Waals surface area contributed by atoms with Crippen molar-refractivity contribution in [2.45, 2.75) is 32.6 Å². The molecular formula is C8H18N2OS. The van der Waals surface area contributed by atoms with Gasteiger partial charge in [-0.1, -0.05) is 13.3 Å². The Morgan fingerprint density at radius 3 is 2.75 bits per heavy atom. The van der Waals surface area contributed by atoms with Gasteiger partial charge in [-0.25, -0.2) is 5.84 Å². The molecule has 12 heavy (non-hydrogen) atoms. The molecule has 3 nitrogen and oxygen atoms in total. The van der Waals surface area contributed by atoms with Crippen molar-refractivity contribution in [1.82, 2.24) is 5.43 Å². The number of nitrogens with two attached hydrogens (primary N) is 1. The number of carbonyl (C=O) groups is 1. The summed E-state index contributed by atoms with van der Waals surface area (Å²) < 4.78 is 0. The second-order valence-electron chi connectivity index (χ2n) is 2.58. The summed E-state index contributed by atoms with van der Waals surface area (Å²) in [7, 11) is 0. The number of hydrogen-bond donors (Lipinski definition) is 2. The maximum absolute atomic E-state index is 10.7. The van der Waals surface area contributed by atoms with Crippen LogP contribution in [0.1, 0.15) is 32.6 Å². The minimum atomic E-state index is -0.0573. The molecule has 0 aliphatic heterocycles. The smallest absolute Gasteiger partial charge is 0.233 e. The Morgan fingerprint density at radius 2 is 2.17 bits per heavy atom. The summed E-state index contributed by atoms with van der Waals surface area (Å²) in [5, 5.41) is 0. The van der Waals surface area contributed by atoms with Crippen LogP contribution in [0, 0.1) is 0 Å². The number of nitrogens with one attached hydrogen (secondary N) is 1. The third kappa shape index (κ3) is 7.88. The molecule has 0 aliphatic rings. The molecule has 0 aliphatic carbocycles. The number of rotatable bonds is 7. The number of thioether (sulfide) groups is 1. The quantitative estimate of drug-likeness (QED) is 0.275. The van der Waals surface area contributed by atoms with Gasteiger partial charge in [-0.2, -0.15) is 11.8 Å². The Labute approximate surface area is 78.4 Å². The van der Waals surface area contributed by atoms with Crippen LogP contribution in [0.25, 0.3) is 0 Å². The fraction of sp³-hybridized carbons (Fsp3) is 0.875. The van der Waals surface area contributed by atoms with E-state index in [1.54, 1.807) is 0 Å². The molecule has 0 saturated carbocycles. The summed E-state index contributed by atoms with van der Waals surface area (Å²) in [6, 6.07) is 0. The normalized spacial score (nSPS) is 9.83. The van der Waals surface area contributed by atoms with Gasteiger partial charge < -0.3 is 0 Å². The largest absolute Gasteiger partial charge is 0.294 e. The molecule has 0 aromatic rings. The van der Waals surface area contributed by atoms with E-state index >= 15 is 0 Å². The molecule has 0 saturated heterocycles. The van der Waals surface area contributed by atoms with Crippen molar-refractivity contribution in [3.05, 3.63) is 0 Å². The monoisotopic (exact) mass is 190 g/mol. The Kier molecular flexibility index (Phi) is 8.71. The topological polar surface area (TPSA) is 55.1 Å². The van der Waals surface area contributed by atoms with Gasteiger partial charge in [0, 0.05) is 6.42 Å². The zero-order chi connectivity index (χ0) is 9.23. The van der Waals surface area contributed by atoms with Gasteiger partial charge in [-0.3, -0.25) is 10.2 Å². The van der Waals surface area contributed by atoms with E-state index in [0.29, 0.717) is 6.42 Å². The molecule has 1 amide bonds. The second-order valence-corrected chi connectivity index (χ2v) is 3.97. The van der Waals surface area contributed by atoms with Crippen LogP contribution in [0.5, 0.6) is 0 Å². The highest BCUT2D eigenvalue weighted by atomic mass is 32.2. The average molecular weight is 190 g/mol. The van der Waals surface area contributed by atoms with E-state index in [4.69, 9.17) is 5.84 Å². The van der Waals surface area contributed by atoms with Gasteiger partial charge in [0.25, 0.3) is 0 Å². The van der Waals surface area contributed by atoms with Crippen LogP contribution in [-0.4, -0.2) is 17.4 Å². The van der Waals surface area contributed by atoms with Crippen LogP contribution < -0.4 is 11.3 Å². The van der Waals surface area contributed by atoms with Crippen LogP contribution in [0.15, 0.2) is 0 Å². The molecular weight excluding hydrogens is 172 g/mol. The summed E-state index contributed by atoms with van der Waals surface area (Å²) in [6.07, 6.45) is 3.84. The van der Waals surface area contributed by atoms with Crippen molar-refractivity contribution >= 4 is 17.7 Å². The van der Waals surface area contributed by atoms with Gasteiger partial charge in [0.05, 0.1) is 0 Å². The predicted molar refractivity (Wildman–Crippen MR) is 53.8 cm³/mol. The van der Waals surface area contributed by atoms with Gasteiger partial charge in [0.15, 0.2) is 0 Å². The minimum Gasteiger partial charge on any atom is -0.294 e. The predicted octanol–water partition coefficient (Wildman–Crippen LogP) is 1.29. The van der Waals surface area contributed by atoms with Crippen molar-refractivity contribution in [2.75, 3.05) is 11.5 Å². The van der Waals surface area contributed by atoms with Crippen LogP contribution in [-0.2, 0) is 4.79 Å². The van der Waals surface area contributed by atoms with Crippen molar-refractivity contribution in [3.8, 4) is 0 Å². The van der Waals surface area contributed by atoms with Gasteiger partial charge in [-0.15, -0.1) is 0 Å². The van der Waals surface area contributed by atoms with Crippen LogP contribution in [0.2, 0.25) is 0 Å². The maximum Gasteiger partial charge on any atom is 0.233 e. The Balaban J connectivity index is 2.95. The van der Waals surface area contributed by atoms with Gasteiger partial charge in [-0.05, 0) is 24.3 Å². The molecule has 0 bridgehead atoms. The average Bonchev–Trinajstić information content (AvgIpc) is 2.10. The first-order valence-corrected chi connectivity index (χ1v) is 5.54. The number of hydrazine groups is 1. The first kappa shape index (κ1) is 11.8. The highest BCUT2D eigenvalue weighted by molar-refractivity contribution is 7.99. The standard InChI is InChI=1S/C8H18N2OS/c1-2-12-7-5-3-4-6-8(11)10-9/h2-7,9H2,1H3,(H,10,11). The molecule has 0 spiro atoms. The lowest BCUT2D eigenvalue weighted by Gasteiger charge is -1.99. The van der Waals surface area contributed by atoms with Crippen LogP contribution in [0.3, 0.4) is 0 Å². The molecule has 0 aromatic heterocycles. The minimum absolute atomic E-state index is 0.0573. The fourth-order valence-corrected chi connectivity index (χ4v) is 1.58. The first-order valence-electron chi connectivity index (χ1n) is 4.38. The lowest BCUT2D eigenvalue weighted by atomic mass is 10.2. The molecule has 0 heterocycles.